The van der Waals surface area contributed by atoms with Gasteiger partial charge in [0.2, 0.25) is 0 Å². The van der Waals surface area contributed by atoms with Crippen LogP contribution in [0.2, 0.25) is 0 Å². The number of hydrogen-bond donors (Lipinski definition) is 0. The van der Waals surface area contributed by atoms with E-state index in [1.807, 2.05) is 54.6 Å². The number of rotatable bonds is 4. The third-order valence-electron chi connectivity index (χ3n) is 8.53. The van der Waals surface area contributed by atoms with Crippen molar-refractivity contribution in [3.63, 3.8) is 0 Å². The standard InChI is InChI=1S/C41H25N3O/c1-2-10-29(11-3-1)39-42-40(44-41(43-39)31-24-21-28-18-17-26-9-4-5-12-32(26)35(28)25-31)30-22-19-27(20-23-30)33-14-8-16-37-38(33)34-13-6-7-15-36(34)45-37/h1-25H. The van der Waals surface area contributed by atoms with Crippen molar-refractivity contribution in [1.29, 1.82) is 0 Å². The van der Waals surface area contributed by atoms with Crippen LogP contribution in [0.15, 0.2) is 156 Å². The summed E-state index contributed by atoms with van der Waals surface area (Å²) in [6, 6.07) is 52.3. The number of benzene rings is 7. The van der Waals surface area contributed by atoms with Gasteiger partial charge in [-0.2, -0.15) is 0 Å². The summed E-state index contributed by atoms with van der Waals surface area (Å²) in [4.78, 5) is 15.0. The summed E-state index contributed by atoms with van der Waals surface area (Å²) in [6.07, 6.45) is 0. The van der Waals surface area contributed by atoms with E-state index in [1.54, 1.807) is 0 Å². The summed E-state index contributed by atoms with van der Waals surface area (Å²) in [5.74, 6) is 1.93. The molecule has 2 heterocycles. The van der Waals surface area contributed by atoms with E-state index in [9.17, 15) is 0 Å². The highest BCUT2D eigenvalue weighted by Crippen LogP contribution is 2.37. The van der Waals surface area contributed by atoms with E-state index in [0.717, 1.165) is 49.8 Å². The zero-order valence-corrected chi connectivity index (χ0v) is 24.2. The molecule has 0 atom stereocenters. The van der Waals surface area contributed by atoms with Gasteiger partial charge in [0, 0.05) is 27.5 Å². The maximum Gasteiger partial charge on any atom is 0.164 e. The lowest BCUT2D eigenvalue weighted by Crippen LogP contribution is -2.00. The van der Waals surface area contributed by atoms with E-state index in [1.165, 1.54) is 21.5 Å². The average molecular weight is 576 g/mol. The number of aromatic nitrogens is 3. The molecule has 0 saturated heterocycles. The predicted octanol–water partition coefficient (Wildman–Crippen LogP) is 10.7. The molecule has 0 aliphatic rings. The highest BCUT2D eigenvalue weighted by Gasteiger charge is 2.15. The molecule has 210 valence electrons. The molecule has 0 saturated carbocycles. The SMILES string of the molecule is c1ccc(-c2nc(-c3ccc(-c4cccc5oc6ccccc6c45)cc3)nc(-c3ccc4ccc5ccccc5c4c3)n2)cc1. The summed E-state index contributed by atoms with van der Waals surface area (Å²) in [6.45, 7) is 0. The fraction of sp³-hybridized carbons (Fsp3) is 0. The van der Waals surface area contributed by atoms with Crippen molar-refractivity contribution >= 4 is 43.5 Å². The van der Waals surface area contributed by atoms with Gasteiger partial charge in [-0.1, -0.05) is 133 Å². The molecule has 0 spiro atoms. The first-order valence-electron chi connectivity index (χ1n) is 15.0. The van der Waals surface area contributed by atoms with Gasteiger partial charge in [-0.3, -0.25) is 0 Å². The maximum atomic E-state index is 6.14. The molecule has 0 aliphatic heterocycles. The van der Waals surface area contributed by atoms with Crippen molar-refractivity contribution in [2.24, 2.45) is 0 Å². The summed E-state index contributed by atoms with van der Waals surface area (Å²) in [5.41, 5.74) is 6.84. The molecule has 0 amide bonds. The van der Waals surface area contributed by atoms with Crippen molar-refractivity contribution in [3.8, 4) is 45.3 Å². The van der Waals surface area contributed by atoms with Crippen molar-refractivity contribution in [3.05, 3.63) is 152 Å². The molecule has 7 aromatic carbocycles. The van der Waals surface area contributed by atoms with Crippen molar-refractivity contribution < 1.29 is 4.42 Å². The molecule has 0 unspecified atom stereocenters. The first kappa shape index (κ1) is 25.4. The number of para-hydroxylation sites is 1. The molecule has 45 heavy (non-hydrogen) atoms. The van der Waals surface area contributed by atoms with Gasteiger partial charge in [0.05, 0.1) is 0 Å². The van der Waals surface area contributed by atoms with Crippen molar-refractivity contribution in [2.45, 2.75) is 0 Å². The van der Waals surface area contributed by atoms with E-state index < -0.39 is 0 Å². The zero-order chi connectivity index (χ0) is 29.7. The van der Waals surface area contributed by atoms with Gasteiger partial charge in [0.1, 0.15) is 11.2 Å². The zero-order valence-electron chi connectivity index (χ0n) is 24.2. The van der Waals surface area contributed by atoms with Gasteiger partial charge < -0.3 is 4.42 Å². The molecule has 9 aromatic rings. The molecule has 4 nitrogen and oxygen atoms in total. The molecule has 0 bridgehead atoms. The molecular formula is C41H25N3O. The Kier molecular flexibility index (Phi) is 5.78. The fourth-order valence-corrected chi connectivity index (χ4v) is 6.31. The Morgan fingerprint density at radius 3 is 1.71 bits per heavy atom. The van der Waals surface area contributed by atoms with E-state index in [2.05, 4.69) is 97.1 Å². The Morgan fingerprint density at radius 1 is 0.356 bits per heavy atom. The number of nitrogens with zero attached hydrogens (tertiary/aromatic N) is 3. The van der Waals surface area contributed by atoms with Crippen LogP contribution >= 0.6 is 0 Å². The van der Waals surface area contributed by atoms with Crippen molar-refractivity contribution in [2.75, 3.05) is 0 Å². The summed E-state index contributed by atoms with van der Waals surface area (Å²) < 4.78 is 6.14. The predicted molar refractivity (Wildman–Crippen MR) is 184 cm³/mol. The summed E-state index contributed by atoms with van der Waals surface area (Å²) >= 11 is 0. The van der Waals surface area contributed by atoms with Crippen LogP contribution in [-0.2, 0) is 0 Å². The fourth-order valence-electron chi connectivity index (χ4n) is 6.31. The van der Waals surface area contributed by atoms with E-state index >= 15 is 0 Å². The second-order valence-electron chi connectivity index (χ2n) is 11.2. The molecule has 9 rings (SSSR count). The van der Waals surface area contributed by atoms with Crippen LogP contribution < -0.4 is 0 Å². The van der Waals surface area contributed by atoms with Crippen LogP contribution in [0.4, 0.5) is 0 Å². The number of hydrogen-bond acceptors (Lipinski definition) is 4. The summed E-state index contributed by atoms with van der Waals surface area (Å²) in [5, 5.41) is 7.03. The molecule has 0 aliphatic carbocycles. The Hall–Kier alpha value is -6.13. The maximum absolute atomic E-state index is 6.14. The quantitative estimate of drug-likeness (QED) is 0.196. The molecule has 2 aromatic heterocycles. The molecule has 4 heteroatoms. The molecule has 0 N–H and O–H groups in total. The van der Waals surface area contributed by atoms with Gasteiger partial charge in [-0.05, 0) is 50.9 Å². The van der Waals surface area contributed by atoms with Crippen LogP contribution in [-0.4, -0.2) is 15.0 Å². The van der Waals surface area contributed by atoms with Crippen LogP contribution in [0.1, 0.15) is 0 Å². The van der Waals surface area contributed by atoms with Gasteiger partial charge >= 0.3 is 0 Å². The Morgan fingerprint density at radius 2 is 0.911 bits per heavy atom. The van der Waals surface area contributed by atoms with E-state index in [4.69, 9.17) is 19.4 Å². The Labute approximate surface area is 259 Å². The van der Waals surface area contributed by atoms with Gasteiger partial charge in [0.15, 0.2) is 17.5 Å². The van der Waals surface area contributed by atoms with E-state index in [0.29, 0.717) is 17.5 Å². The lowest BCUT2D eigenvalue weighted by molar-refractivity contribution is 0.669. The van der Waals surface area contributed by atoms with Crippen LogP contribution in [0.25, 0.3) is 88.8 Å². The minimum absolute atomic E-state index is 0.635. The van der Waals surface area contributed by atoms with Crippen LogP contribution in [0.3, 0.4) is 0 Å². The lowest BCUT2D eigenvalue weighted by Gasteiger charge is -2.11. The van der Waals surface area contributed by atoms with Gasteiger partial charge in [-0.25, -0.2) is 15.0 Å². The van der Waals surface area contributed by atoms with Crippen molar-refractivity contribution in [1.82, 2.24) is 15.0 Å². The second kappa shape index (κ2) is 10.2. The highest BCUT2D eigenvalue weighted by atomic mass is 16.3. The summed E-state index contributed by atoms with van der Waals surface area (Å²) in [7, 11) is 0. The topological polar surface area (TPSA) is 51.8 Å². The third kappa shape index (κ3) is 4.35. The smallest absolute Gasteiger partial charge is 0.164 e. The molecule has 0 fully saturated rings. The lowest BCUT2D eigenvalue weighted by atomic mass is 9.98. The van der Waals surface area contributed by atoms with Gasteiger partial charge in [0.25, 0.3) is 0 Å². The average Bonchev–Trinajstić information content (AvgIpc) is 3.51. The third-order valence-corrected chi connectivity index (χ3v) is 8.53. The number of fused-ring (bicyclic) bond motifs is 6. The second-order valence-corrected chi connectivity index (χ2v) is 11.2. The first-order chi connectivity index (χ1) is 22.3. The molecular weight excluding hydrogens is 550 g/mol. The Bertz CT molecular complexity index is 2530. The van der Waals surface area contributed by atoms with Crippen LogP contribution in [0, 0.1) is 0 Å². The van der Waals surface area contributed by atoms with Gasteiger partial charge in [-0.15, -0.1) is 0 Å². The Balaban J connectivity index is 1.18. The monoisotopic (exact) mass is 575 g/mol. The highest BCUT2D eigenvalue weighted by molar-refractivity contribution is 6.12. The largest absolute Gasteiger partial charge is 0.456 e. The minimum Gasteiger partial charge on any atom is -0.456 e. The first-order valence-corrected chi connectivity index (χ1v) is 15.0. The van der Waals surface area contributed by atoms with E-state index in [-0.39, 0.29) is 0 Å². The molecule has 0 radical (unpaired) electrons. The minimum atomic E-state index is 0.635. The normalized spacial score (nSPS) is 11.6. The number of furan rings is 1. The van der Waals surface area contributed by atoms with Crippen LogP contribution in [0.5, 0.6) is 0 Å².